The number of aromatic nitrogens is 2. The second-order valence-corrected chi connectivity index (χ2v) is 8.24. The van der Waals surface area contributed by atoms with E-state index in [0.29, 0.717) is 30.8 Å². The average Bonchev–Trinajstić information content (AvgIpc) is 3.29. The van der Waals surface area contributed by atoms with Gasteiger partial charge in [0.25, 0.3) is 5.88 Å². The van der Waals surface area contributed by atoms with Crippen LogP contribution in [0, 0.1) is 0 Å². The number of fused-ring (bicyclic) bond motifs is 1. The van der Waals surface area contributed by atoms with Gasteiger partial charge < -0.3 is 19.7 Å². The van der Waals surface area contributed by atoms with Gasteiger partial charge in [-0.25, -0.2) is 14.8 Å². The first-order valence-corrected chi connectivity index (χ1v) is 9.55. The van der Waals surface area contributed by atoms with Crippen molar-refractivity contribution in [2.75, 3.05) is 18.4 Å². The van der Waals surface area contributed by atoms with E-state index in [1.807, 2.05) is 45.0 Å². The van der Waals surface area contributed by atoms with Gasteiger partial charge in [0, 0.05) is 19.0 Å². The number of likely N-dealkylation sites (tertiary alicyclic amines) is 1. The molecule has 0 unspecified atom stereocenters. The maximum Gasteiger partial charge on any atom is 0.410 e. The Labute approximate surface area is 159 Å². The lowest BCUT2D eigenvalue weighted by atomic mass is 10.2. The molecule has 0 spiro atoms. The maximum absolute atomic E-state index is 12.3. The number of benzene rings is 1. The van der Waals surface area contributed by atoms with Crippen molar-refractivity contribution in [2.24, 2.45) is 0 Å². The molecular weight excluding hydrogens is 344 g/mol. The van der Waals surface area contributed by atoms with Gasteiger partial charge in [-0.3, -0.25) is 0 Å². The van der Waals surface area contributed by atoms with Gasteiger partial charge in [-0.05, 0) is 45.7 Å². The molecule has 7 heteroatoms. The zero-order valence-corrected chi connectivity index (χ0v) is 16.1. The maximum atomic E-state index is 12.3. The van der Waals surface area contributed by atoms with Crippen LogP contribution in [0.15, 0.2) is 24.3 Å². The van der Waals surface area contributed by atoms with E-state index in [1.54, 1.807) is 4.90 Å². The van der Waals surface area contributed by atoms with E-state index in [2.05, 4.69) is 10.3 Å². The molecule has 1 N–H and O–H groups in total. The van der Waals surface area contributed by atoms with E-state index in [1.165, 1.54) is 0 Å². The molecule has 144 valence electrons. The van der Waals surface area contributed by atoms with E-state index >= 15 is 0 Å². The summed E-state index contributed by atoms with van der Waals surface area (Å²) in [5.41, 5.74) is 1.15. The lowest BCUT2D eigenvalue weighted by molar-refractivity contribution is 0.0275. The smallest absolute Gasteiger partial charge is 0.410 e. The van der Waals surface area contributed by atoms with Crippen LogP contribution in [0.4, 0.5) is 10.6 Å². The Morgan fingerprint density at radius 3 is 2.52 bits per heavy atom. The molecule has 2 aliphatic rings. The Bertz CT molecular complexity index is 845. The molecule has 1 aromatic carbocycles. The van der Waals surface area contributed by atoms with Crippen LogP contribution in [0.1, 0.15) is 40.0 Å². The van der Waals surface area contributed by atoms with Crippen LogP contribution >= 0.6 is 0 Å². The van der Waals surface area contributed by atoms with Crippen molar-refractivity contribution in [1.29, 1.82) is 0 Å². The van der Waals surface area contributed by atoms with Crippen molar-refractivity contribution in [3.05, 3.63) is 24.3 Å². The zero-order chi connectivity index (χ0) is 19.0. The van der Waals surface area contributed by atoms with E-state index in [0.717, 1.165) is 30.3 Å². The Kier molecular flexibility index (Phi) is 4.53. The largest absolute Gasteiger partial charge is 0.470 e. The highest BCUT2D eigenvalue weighted by molar-refractivity contribution is 5.77. The number of amides is 1. The van der Waals surface area contributed by atoms with Crippen molar-refractivity contribution >= 4 is 22.9 Å². The minimum atomic E-state index is -0.499. The predicted octanol–water partition coefficient (Wildman–Crippen LogP) is 3.59. The second kappa shape index (κ2) is 6.87. The normalized spacial score (nSPS) is 20.0. The molecular formula is C20H26N4O3. The first-order chi connectivity index (χ1) is 12.9. The lowest BCUT2D eigenvalue weighted by Gasteiger charge is -2.24. The van der Waals surface area contributed by atoms with Gasteiger partial charge in [0.1, 0.15) is 11.7 Å². The number of anilines is 1. The van der Waals surface area contributed by atoms with E-state index in [9.17, 15) is 4.79 Å². The Morgan fingerprint density at radius 2 is 1.85 bits per heavy atom. The molecule has 1 amide bonds. The monoisotopic (exact) mass is 370 g/mol. The number of para-hydroxylation sites is 2. The van der Waals surface area contributed by atoms with Gasteiger partial charge in [-0.1, -0.05) is 12.1 Å². The fourth-order valence-corrected chi connectivity index (χ4v) is 3.06. The molecule has 0 bridgehead atoms. The van der Waals surface area contributed by atoms with Gasteiger partial charge in [0.05, 0.1) is 17.6 Å². The van der Waals surface area contributed by atoms with Crippen LogP contribution in [0.3, 0.4) is 0 Å². The van der Waals surface area contributed by atoms with Crippen LogP contribution < -0.4 is 10.1 Å². The quantitative estimate of drug-likeness (QED) is 0.886. The van der Waals surface area contributed by atoms with Gasteiger partial charge >= 0.3 is 6.09 Å². The van der Waals surface area contributed by atoms with Crippen LogP contribution in [0.2, 0.25) is 0 Å². The van der Waals surface area contributed by atoms with Crippen LogP contribution in [-0.4, -0.2) is 51.8 Å². The average molecular weight is 370 g/mol. The van der Waals surface area contributed by atoms with E-state index in [4.69, 9.17) is 14.5 Å². The minimum Gasteiger partial charge on any atom is -0.470 e. The molecule has 2 aromatic rings. The number of carbonyl (C=O) groups excluding carboxylic acids is 1. The number of ether oxygens (including phenoxy) is 2. The lowest BCUT2D eigenvalue weighted by Crippen LogP contribution is -2.36. The SMILES string of the molecule is CC(C)(C)OC(=O)N1CC[C@@H](Oc2nc3ccccc3nc2NC2CC2)C1. The summed E-state index contributed by atoms with van der Waals surface area (Å²) in [4.78, 5) is 23.3. The van der Waals surface area contributed by atoms with Crippen molar-refractivity contribution in [1.82, 2.24) is 14.9 Å². The minimum absolute atomic E-state index is 0.118. The first kappa shape index (κ1) is 17.8. The fourth-order valence-electron chi connectivity index (χ4n) is 3.06. The molecule has 27 heavy (non-hydrogen) atoms. The fraction of sp³-hybridized carbons (Fsp3) is 0.550. The molecule has 1 saturated carbocycles. The summed E-state index contributed by atoms with van der Waals surface area (Å²) in [5, 5.41) is 3.41. The molecule has 4 rings (SSSR count). The number of rotatable bonds is 4. The van der Waals surface area contributed by atoms with Crippen molar-refractivity contribution in [2.45, 2.75) is 57.8 Å². The Morgan fingerprint density at radius 1 is 1.15 bits per heavy atom. The molecule has 1 aliphatic carbocycles. The highest BCUT2D eigenvalue weighted by atomic mass is 16.6. The van der Waals surface area contributed by atoms with Crippen molar-refractivity contribution in [3.63, 3.8) is 0 Å². The molecule has 1 aliphatic heterocycles. The van der Waals surface area contributed by atoms with Gasteiger partial charge in [0.2, 0.25) is 0 Å². The third kappa shape index (κ3) is 4.40. The summed E-state index contributed by atoms with van der Waals surface area (Å²) in [6.07, 6.45) is 2.62. The molecule has 1 atom stereocenters. The van der Waals surface area contributed by atoms with Crippen molar-refractivity contribution < 1.29 is 14.3 Å². The zero-order valence-electron chi connectivity index (χ0n) is 16.1. The Hall–Kier alpha value is -2.57. The third-order valence-corrected chi connectivity index (χ3v) is 4.53. The molecule has 2 heterocycles. The predicted molar refractivity (Wildman–Crippen MR) is 103 cm³/mol. The van der Waals surface area contributed by atoms with Gasteiger partial charge in [-0.15, -0.1) is 0 Å². The second-order valence-electron chi connectivity index (χ2n) is 8.24. The summed E-state index contributed by atoms with van der Waals surface area (Å²) in [5.74, 6) is 1.20. The number of hydrogen-bond acceptors (Lipinski definition) is 6. The van der Waals surface area contributed by atoms with E-state index in [-0.39, 0.29) is 12.2 Å². The molecule has 0 radical (unpaired) electrons. The summed E-state index contributed by atoms with van der Waals surface area (Å²) in [6, 6.07) is 8.22. The highest BCUT2D eigenvalue weighted by Crippen LogP contribution is 2.31. The first-order valence-electron chi connectivity index (χ1n) is 9.55. The number of hydrogen-bond donors (Lipinski definition) is 1. The van der Waals surface area contributed by atoms with Crippen molar-refractivity contribution in [3.8, 4) is 5.88 Å². The van der Waals surface area contributed by atoms with Crippen LogP contribution in [0.5, 0.6) is 5.88 Å². The van der Waals surface area contributed by atoms with E-state index < -0.39 is 5.60 Å². The Balaban J connectivity index is 1.48. The number of carbonyl (C=O) groups is 1. The van der Waals surface area contributed by atoms with Crippen LogP contribution in [-0.2, 0) is 4.74 Å². The molecule has 1 aromatic heterocycles. The molecule has 2 fully saturated rings. The standard InChI is InChI=1S/C20H26N4O3/c1-20(2,3)27-19(25)24-11-10-14(12-24)26-18-17(21-13-8-9-13)22-15-6-4-5-7-16(15)23-18/h4-7,13-14H,8-12H2,1-3H3,(H,21,22)/t14-/m1/s1. The summed E-state index contributed by atoms with van der Waals surface area (Å²) >= 11 is 0. The summed E-state index contributed by atoms with van der Waals surface area (Å²) in [6.45, 7) is 6.72. The molecule has 1 saturated heterocycles. The highest BCUT2D eigenvalue weighted by Gasteiger charge is 2.32. The summed E-state index contributed by atoms with van der Waals surface area (Å²) in [7, 11) is 0. The number of nitrogens with zero attached hydrogens (tertiary/aromatic N) is 3. The molecule has 7 nitrogen and oxygen atoms in total. The number of nitrogens with one attached hydrogen (secondary N) is 1. The topological polar surface area (TPSA) is 76.6 Å². The van der Waals surface area contributed by atoms with Gasteiger partial charge in [-0.2, -0.15) is 0 Å². The third-order valence-electron chi connectivity index (χ3n) is 4.53. The van der Waals surface area contributed by atoms with Gasteiger partial charge in [0.15, 0.2) is 5.82 Å². The summed E-state index contributed by atoms with van der Waals surface area (Å²) < 4.78 is 11.6. The van der Waals surface area contributed by atoms with Crippen LogP contribution in [0.25, 0.3) is 11.0 Å².